The van der Waals surface area contributed by atoms with E-state index in [9.17, 15) is 18.4 Å². The lowest BCUT2D eigenvalue weighted by molar-refractivity contribution is 0.583. The molecule has 0 radical (unpaired) electrons. The second-order valence-electron chi connectivity index (χ2n) is 5.45. The minimum absolute atomic E-state index is 0.0239. The fourth-order valence-electron chi connectivity index (χ4n) is 2.58. The van der Waals surface area contributed by atoms with Crippen LogP contribution in [0.2, 0.25) is 0 Å². The minimum atomic E-state index is -0.793. The predicted octanol–water partition coefficient (Wildman–Crippen LogP) is 3.09. The zero-order valence-electron chi connectivity index (χ0n) is 12.8. The van der Waals surface area contributed by atoms with Gasteiger partial charge in [0.2, 0.25) is 0 Å². The zero-order valence-corrected chi connectivity index (χ0v) is 12.8. The number of nitrogens with one attached hydrogen (secondary N) is 1. The molecule has 4 nitrogen and oxygen atoms in total. The van der Waals surface area contributed by atoms with Gasteiger partial charge in [0.15, 0.2) is 0 Å². The summed E-state index contributed by atoms with van der Waals surface area (Å²) in [6.45, 7) is 1.80. The number of hydrogen-bond donors (Lipinski definition) is 1. The number of nitrogens with zero attached hydrogens (tertiary/aromatic N) is 1. The van der Waals surface area contributed by atoms with E-state index in [1.165, 1.54) is 10.8 Å². The van der Waals surface area contributed by atoms with Crippen LogP contribution in [0.15, 0.2) is 64.3 Å². The Kier molecular flexibility index (Phi) is 4.12. The number of rotatable bonds is 3. The summed E-state index contributed by atoms with van der Waals surface area (Å²) in [5.41, 5.74) is -0.319. The summed E-state index contributed by atoms with van der Waals surface area (Å²) in [7, 11) is 0. The lowest BCUT2D eigenvalue weighted by atomic mass is 10.1. The molecule has 3 rings (SSSR count). The Labute approximate surface area is 136 Å². The van der Waals surface area contributed by atoms with Gasteiger partial charge in [0.25, 0.3) is 5.56 Å². The third-order valence-corrected chi connectivity index (χ3v) is 3.84. The number of H-pyrrole nitrogens is 1. The van der Waals surface area contributed by atoms with Crippen LogP contribution < -0.4 is 11.2 Å². The molecule has 0 amide bonds. The minimum Gasteiger partial charge on any atom is -0.293 e. The van der Waals surface area contributed by atoms with Crippen molar-refractivity contribution in [2.75, 3.05) is 0 Å². The van der Waals surface area contributed by atoms with Gasteiger partial charge in [0.05, 0.1) is 11.6 Å². The first-order valence-corrected chi connectivity index (χ1v) is 7.32. The van der Waals surface area contributed by atoms with Crippen LogP contribution in [-0.2, 0) is 0 Å². The van der Waals surface area contributed by atoms with Gasteiger partial charge in [-0.15, -0.1) is 0 Å². The van der Waals surface area contributed by atoms with Gasteiger partial charge in [0, 0.05) is 12.3 Å². The van der Waals surface area contributed by atoms with Gasteiger partial charge in [-0.25, -0.2) is 13.6 Å². The van der Waals surface area contributed by atoms with Gasteiger partial charge in [-0.3, -0.25) is 14.3 Å². The maximum atomic E-state index is 13.4. The molecule has 0 unspecified atom stereocenters. The van der Waals surface area contributed by atoms with E-state index < -0.39 is 22.9 Å². The van der Waals surface area contributed by atoms with E-state index in [1.54, 1.807) is 6.92 Å². The molecule has 0 saturated carbocycles. The van der Waals surface area contributed by atoms with Crippen molar-refractivity contribution in [3.63, 3.8) is 0 Å². The van der Waals surface area contributed by atoms with Crippen LogP contribution in [-0.4, -0.2) is 9.55 Å². The molecule has 1 aromatic heterocycles. The number of halogens is 2. The predicted molar refractivity (Wildman–Crippen MR) is 86.9 cm³/mol. The highest BCUT2D eigenvalue weighted by atomic mass is 19.1. The summed E-state index contributed by atoms with van der Waals surface area (Å²) >= 11 is 0. The van der Waals surface area contributed by atoms with Crippen molar-refractivity contribution < 1.29 is 8.78 Å². The molecule has 1 heterocycles. The topological polar surface area (TPSA) is 54.9 Å². The highest BCUT2D eigenvalue weighted by Gasteiger charge is 2.14. The van der Waals surface area contributed by atoms with Gasteiger partial charge in [-0.2, -0.15) is 0 Å². The first-order chi connectivity index (χ1) is 11.5. The molecule has 0 spiro atoms. The van der Waals surface area contributed by atoms with E-state index in [1.807, 2.05) is 30.3 Å². The van der Waals surface area contributed by atoms with E-state index in [4.69, 9.17) is 0 Å². The SMILES string of the molecule is C[C@@H](c1ccccc1)n1cc(-c2cc(F)cc(F)c2)c(=O)[nH]c1=O. The zero-order chi connectivity index (χ0) is 17.3. The van der Waals surface area contributed by atoms with Crippen molar-refractivity contribution >= 4 is 0 Å². The smallest absolute Gasteiger partial charge is 0.293 e. The third kappa shape index (κ3) is 3.03. The Balaban J connectivity index is 2.16. The third-order valence-electron chi connectivity index (χ3n) is 3.84. The lowest BCUT2D eigenvalue weighted by Gasteiger charge is -2.16. The number of aromatic amines is 1. The second kappa shape index (κ2) is 6.23. The van der Waals surface area contributed by atoms with Crippen LogP contribution >= 0.6 is 0 Å². The van der Waals surface area contributed by atoms with Crippen LogP contribution in [0.4, 0.5) is 8.78 Å². The van der Waals surface area contributed by atoms with Crippen molar-refractivity contribution in [3.05, 3.63) is 92.8 Å². The van der Waals surface area contributed by atoms with E-state index in [-0.39, 0.29) is 17.2 Å². The molecule has 0 fully saturated rings. The van der Waals surface area contributed by atoms with Crippen LogP contribution in [0.5, 0.6) is 0 Å². The number of benzene rings is 2. The number of hydrogen-bond acceptors (Lipinski definition) is 2. The van der Waals surface area contributed by atoms with Gasteiger partial charge in [-0.05, 0) is 30.2 Å². The first kappa shape index (κ1) is 15.9. The molecule has 0 aliphatic rings. The number of aromatic nitrogens is 2. The Morgan fingerprint density at radius 2 is 1.62 bits per heavy atom. The molecule has 2 aromatic carbocycles. The second-order valence-corrected chi connectivity index (χ2v) is 5.45. The average Bonchev–Trinajstić information content (AvgIpc) is 2.54. The van der Waals surface area contributed by atoms with E-state index in [0.717, 1.165) is 23.8 Å². The molecule has 24 heavy (non-hydrogen) atoms. The van der Waals surface area contributed by atoms with Crippen molar-refractivity contribution in [1.29, 1.82) is 0 Å². The van der Waals surface area contributed by atoms with Crippen LogP contribution in [0, 0.1) is 11.6 Å². The highest BCUT2D eigenvalue weighted by molar-refractivity contribution is 5.61. The molecule has 0 aliphatic carbocycles. The van der Waals surface area contributed by atoms with Crippen LogP contribution in [0.25, 0.3) is 11.1 Å². The molecule has 0 saturated heterocycles. The Hall–Kier alpha value is -3.02. The van der Waals surface area contributed by atoms with Gasteiger partial charge < -0.3 is 0 Å². The maximum absolute atomic E-state index is 13.4. The van der Waals surface area contributed by atoms with E-state index in [2.05, 4.69) is 4.98 Å². The van der Waals surface area contributed by atoms with Gasteiger partial charge >= 0.3 is 5.69 Å². The summed E-state index contributed by atoms with van der Waals surface area (Å²) in [4.78, 5) is 26.4. The van der Waals surface area contributed by atoms with Crippen molar-refractivity contribution in [3.8, 4) is 11.1 Å². The summed E-state index contributed by atoms with van der Waals surface area (Å²) in [5, 5.41) is 0. The normalized spacial score (nSPS) is 12.1. The largest absolute Gasteiger partial charge is 0.328 e. The molecule has 3 aromatic rings. The fourth-order valence-corrected chi connectivity index (χ4v) is 2.58. The first-order valence-electron chi connectivity index (χ1n) is 7.32. The summed E-state index contributed by atoms with van der Waals surface area (Å²) in [6, 6.07) is 11.7. The monoisotopic (exact) mass is 328 g/mol. The Morgan fingerprint density at radius 1 is 1.00 bits per heavy atom. The molecular weight excluding hydrogens is 314 g/mol. The lowest BCUT2D eigenvalue weighted by Crippen LogP contribution is -2.32. The van der Waals surface area contributed by atoms with Crippen molar-refractivity contribution in [2.45, 2.75) is 13.0 Å². The fraction of sp³-hybridized carbons (Fsp3) is 0.111. The quantitative estimate of drug-likeness (QED) is 0.803. The van der Waals surface area contributed by atoms with E-state index in [0.29, 0.717) is 0 Å². The Morgan fingerprint density at radius 3 is 2.25 bits per heavy atom. The maximum Gasteiger partial charge on any atom is 0.328 e. The molecule has 0 aliphatic heterocycles. The van der Waals surface area contributed by atoms with Crippen molar-refractivity contribution in [2.24, 2.45) is 0 Å². The highest BCUT2D eigenvalue weighted by Crippen LogP contribution is 2.20. The molecule has 1 atom stereocenters. The molecular formula is C18H14F2N2O2. The van der Waals surface area contributed by atoms with E-state index >= 15 is 0 Å². The summed E-state index contributed by atoms with van der Waals surface area (Å²) in [5.74, 6) is -1.59. The van der Waals surface area contributed by atoms with Crippen LogP contribution in [0.1, 0.15) is 18.5 Å². The molecule has 122 valence electrons. The van der Waals surface area contributed by atoms with Gasteiger partial charge in [-0.1, -0.05) is 30.3 Å². The Bertz CT molecular complexity index is 974. The molecule has 0 bridgehead atoms. The van der Waals surface area contributed by atoms with Crippen LogP contribution in [0.3, 0.4) is 0 Å². The van der Waals surface area contributed by atoms with Gasteiger partial charge in [0.1, 0.15) is 11.6 Å². The van der Waals surface area contributed by atoms with Crippen molar-refractivity contribution in [1.82, 2.24) is 9.55 Å². The summed E-state index contributed by atoms with van der Waals surface area (Å²) < 4.78 is 28.2. The standard InChI is InChI=1S/C18H14F2N2O2/c1-11(12-5-3-2-4-6-12)22-10-16(17(23)21-18(22)24)13-7-14(19)9-15(20)8-13/h2-11H,1H3,(H,21,23,24)/t11-/m0/s1. The summed E-state index contributed by atoms with van der Waals surface area (Å²) in [6.07, 6.45) is 1.33. The molecule has 6 heteroatoms. The molecule has 1 N–H and O–H groups in total. The average molecular weight is 328 g/mol.